The van der Waals surface area contributed by atoms with Crippen molar-refractivity contribution in [3.8, 4) is 0 Å². The monoisotopic (exact) mass is 501 g/mol. The minimum atomic E-state index is -3.67. The van der Waals surface area contributed by atoms with E-state index >= 15 is 0 Å². The minimum Gasteiger partial charge on any atom is -0.362 e. The number of benzene rings is 1. The molecule has 0 bridgehead atoms. The van der Waals surface area contributed by atoms with Crippen LogP contribution in [-0.4, -0.2) is 61.3 Å². The Morgan fingerprint density at radius 2 is 1.79 bits per heavy atom. The SMILES string of the molecule is CS(=O)(=O)O.Cc1cnc(N[C@H]2CC[C@@H](NC(=O)c3ccc(F)c(Cl)c3)CC2)nc1N(C)C. The predicted molar refractivity (Wildman–Crippen MR) is 127 cm³/mol. The Labute approximate surface area is 198 Å². The number of hydrogen-bond acceptors (Lipinski definition) is 7. The van der Waals surface area contributed by atoms with Crippen LogP contribution in [-0.2, 0) is 10.1 Å². The summed E-state index contributed by atoms with van der Waals surface area (Å²) in [4.78, 5) is 23.3. The Kier molecular flexibility index (Phi) is 9.38. The zero-order valence-electron chi connectivity index (χ0n) is 19.0. The van der Waals surface area contributed by atoms with Gasteiger partial charge in [0.15, 0.2) is 0 Å². The first-order valence-electron chi connectivity index (χ1n) is 10.3. The van der Waals surface area contributed by atoms with Crippen LogP contribution < -0.4 is 15.5 Å². The lowest BCUT2D eigenvalue weighted by atomic mass is 9.91. The number of nitrogens with zero attached hydrogens (tertiary/aromatic N) is 3. The van der Waals surface area contributed by atoms with Gasteiger partial charge in [0.25, 0.3) is 16.0 Å². The van der Waals surface area contributed by atoms with Gasteiger partial charge < -0.3 is 15.5 Å². The standard InChI is InChI=1S/C20H25ClFN5O.CH4O3S/c1-12-11-23-20(26-18(12)27(2)3)25-15-7-5-14(6-8-15)24-19(28)13-4-9-17(22)16(21)10-13;1-5(2,3)4/h4,9-11,14-15H,5-8H2,1-3H3,(H,24,28)(H,23,25,26);1H3,(H,2,3,4)/t14-,15+;. The van der Waals surface area contributed by atoms with Gasteiger partial charge in [-0.25, -0.2) is 9.37 Å². The number of aryl methyl sites for hydroxylation is 1. The summed E-state index contributed by atoms with van der Waals surface area (Å²) in [5.41, 5.74) is 1.40. The highest BCUT2D eigenvalue weighted by Gasteiger charge is 2.23. The molecule has 1 fully saturated rings. The number of rotatable bonds is 5. The molecule has 1 aliphatic rings. The molecule has 0 spiro atoms. The predicted octanol–water partition coefficient (Wildman–Crippen LogP) is 3.30. The van der Waals surface area contributed by atoms with E-state index in [0.29, 0.717) is 17.8 Å². The summed E-state index contributed by atoms with van der Waals surface area (Å²) in [6, 6.07) is 4.37. The molecule has 12 heteroatoms. The third-order valence-electron chi connectivity index (χ3n) is 4.95. The maximum Gasteiger partial charge on any atom is 0.261 e. The van der Waals surface area contributed by atoms with Gasteiger partial charge in [-0.05, 0) is 50.8 Å². The van der Waals surface area contributed by atoms with Gasteiger partial charge in [0.1, 0.15) is 11.6 Å². The highest BCUT2D eigenvalue weighted by Crippen LogP contribution is 2.23. The molecular formula is C21H29ClFN5O4S. The molecule has 1 aromatic heterocycles. The normalized spacial score (nSPS) is 18.0. The van der Waals surface area contributed by atoms with E-state index < -0.39 is 15.9 Å². The van der Waals surface area contributed by atoms with Crippen molar-refractivity contribution in [1.82, 2.24) is 15.3 Å². The number of nitrogens with one attached hydrogen (secondary N) is 2. The average molecular weight is 502 g/mol. The molecule has 3 rings (SSSR count). The van der Waals surface area contributed by atoms with Crippen LogP contribution in [0.2, 0.25) is 5.02 Å². The number of amides is 1. The van der Waals surface area contributed by atoms with Crippen molar-refractivity contribution in [3.05, 3.63) is 46.4 Å². The molecule has 0 saturated heterocycles. The molecule has 0 atom stereocenters. The molecule has 33 heavy (non-hydrogen) atoms. The third-order valence-corrected chi connectivity index (χ3v) is 5.24. The molecule has 182 valence electrons. The molecular weight excluding hydrogens is 473 g/mol. The van der Waals surface area contributed by atoms with Crippen molar-refractivity contribution in [2.24, 2.45) is 0 Å². The van der Waals surface area contributed by atoms with Crippen LogP contribution in [0.3, 0.4) is 0 Å². The van der Waals surface area contributed by atoms with E-state index in [-0.39, 0.29) is 23.0 Å². The molecule has 1 saturated carbocycles. The number of aromatic nitrogens is 2. The van der Waals surface area contributed by atoms with E-state index in [1.807, 2.05) is 32.1 Å². The summed E-state index contributed by atoms with van der Waals surface area (Å²) in [5, 5.41) is 6.37. The highest BCUT2D eigenvalue weighted by molar-refractivity contribution is 7.85. The lowest BCUT2D eigenvalue weighted by Gasteiger charge is -2.30. The molecule has 1 amide bonds. The van der Waals surface area contributed by atoms with Crippen LogP contribution in [0.1, 0.15) is 41.6 Å². The van der Waals surface area contributed by atoms with Crippen molar-refractivity contribution < 1.29 is 22.2 Å². The van der Waals surface area contributed by atoms with E-state index in [1.165, 1.54) is 18.2 Å². The van der Waals surface area contributed by atoms with Crippen LogP contribution in [0.4, 0.5) is 16.2 Å². The zero-order valence-corrected chi connectivity index (χ0v) is 20.5. The van der Waals surface area contributed by atoms with Crippen LogP contribution >= 0.6 is 11.6 Å². The fraction of sp³-hybridized carbons (Fsp3) is 0.476. The fourth-order valence-electron chi connectivity index (χ4n) is 3.43. The Hall–Kier alpha value is -2.50. The average Bonchev–Trinajstić information content (AvgIpc) is 2.71. The number of anilines is 2. The molecule has 2 aromatic rings. The van der Waals surface area contributed by atoms with E-state index in [2.05, 4.69) is 20.6 Å². The van der Waals surface area contributed by atoms with E-state index in [0.717, 1.165) is 37.1 Å². The largest absolute Gasteiger partial charge is 0.362 e. The quantitative estimate of drug-likeness (QED) is 0.533. The number of hydrogen-bond donors (Lipinski definition) is 3. The van der Waals surface area contributed by atoms with Crippen molar-refractivity contribution in [1.29, 1.82) is 0 Å². The van der Waals surface area contributed by atoms with Gasteiger partial charge in [-0.3, -0.25) is 9.35 Å². The Balaban J connectivity index is 0.000000696. The summed E-state index contributed by atoms with van der Waals surface area (Å²) >= 11 is 5.76. The van der Waals surface area contributed by atoms with Gasteiger partial charge in [-0.2, -0.15) is 13.4 Å². The van der Waals surface area contributed by atoms with Gasteiger partial charge in [-0.15, -0.1) is 0 Å². The minimum absolute atomic E-state index is 0.0456. The Bertz CT molecular complexity index is 1070. The molecule has 3 N–H and O–H groups in total. The van der Waals surface area contributed by atoms with Gasteiger partial charge in [0, 0.05) is 43.5 Å². The topological polar surface area (TPSA) is 125 Å². The van der Waals surface area contributed by atoms with E-state index in [1.54, 1.807) is 0 Å². The smallest absolute Gasteiger partial charge is 0.261 e. The summed E-state index contributed by atoms with van der Waals surface area (Å²) < 4.78 is 39.1. The second-order valence-electron chi connectivity index (χ2n) is 8.12. The second-order valence-corrected chi connectivity index (χ2v) is 10.00. The first-order chi connectivity index (χ1) is 15.3. The summed E-state index contributed by atoms with van der Waals surface area (Å²) in [5.74, 6) is 0.774. The molecule has 9 nitrogen and oxygen atoms in total. The van der Waals surface area contributed by atoms with Gasteiger partial charge in [0.05, 0.1) is 11.3 Å². The van der Waals surface area contributed by atoms with Crippen molar-refractivity contribution in [2.45, 2.75) is 44.7 Å². The molecule has 1 aromatic carbocycles. The van der Waals surface area contributed by atoms with Crippen molar-refractivity contribution in [2.75, 3.05) is 30.6 Å². The lowest BCUT2D eigenvalue weighted by molar-refractivity contribution is 0.0926. The molecule has 0 radical (unpaired) electrons. The summed E-state index contributed by atoms with van der Waals surface area (Å²) in [6.45, 7) is 1.99. The first kappa shape index (κ1) is 26.7. The Morgan fingerprint density at radius 3 is 2.33 bits per heavy atom. The van der Waals surface area contributed by atoms with E-state index in [9.17, 15) is 17.6 Å². The molecule has 0 aliphatic heterocycles. The van der Waals surface area contributed by atoms with Gasteiger partial charge in [0.2, 0.25) is 5.95 Å². The molecule has 1 heterocycles. The van der Waals surface area contributed by atoms with Gasteiger partial charge >= 0.3 is 0 Å². The molecule has 0 unspecified atom stereocenters. The van der Waals surface area contributed by atoms with Gasteiger partial charge in [-0.1, -0.05) is 11.6 Å². The fourth-order valence-corrected chi connectivity index (χ4v) is 3.61. The molecule has 1 aliphatic carbocycles. The summed E-state index contributed by atoms with van der Waals surface area (Å²) in [6.07, 6.45) is 6.06. The number of carbonyl (C=O) groups excluding carboxylic acids is 1. The number of carbonyl (C=O) groups is 1. The maximum absolute atomic E-state index is 13.3. The number of halogens is 2. The van der Waals surface area contributed by atoms with Crippen molar-refractivity contribution in [3.63, 3.8) is 0 Å². The van der Waals surface area contributed by atoms with Crippen LogP contribution in [0, 0.1) is 12.7 Å². The van der Waals surface area contributed by atoms with Crippen molar-refractivity contribution >= 4 is 39.4 Å². The lowest BCUT2D eigenvalue weighted by Crippen LogP contribution is -2.40. The first-order valence-corrected chi connectivity index (χ1v) is 12.5. The van der Waals surface area contributed by atoms with Crippen LogP contribution in [0.15, 0.2) is 24.4 Å². The van der Waals surface area contributed by atoms with Crippen LogP contribution in [0.25, 0.3) is 0 Å². The second kappa shape index (κ2) is 11.6. The van der Waals surface area contributed by atoms with E-state index in [4.69, 9.17) is 16.2 Å². The Morgan fingerprint density at radius 1 is 1.21 bits per heavy atom. The summed E-state index contributed by atoms with van der Waals surface area (Å²) in [7, 11) is 0.253. The maximum atomic E-state index is 13.3. The zero-order chi connectivity index (χ0) is 24.8. The third kappa shape index (κ3) is 9.10. The highest BCUT2D eigenvalue weighted by atomic mass is 35.5. The van der Waals surface area contributed by atoms with Crippen LogP contribution in [0.5, 0.6) is 0 Å².